The van der Waals surface area contributed by atoms with Crippen molar-refractivity contribution in [2.45, 2.75) is 26.3 Å². The molecule has 1 aromatic heterocycles. The summed E-state index contributed by atoms with van der Waals surface area (Å²) in [5.74, 6) is -1.00. The number of aromatic nitrogens is 1. The molecule has 1 unspecified atom stereocenters. The quantitative estimate of drug-likeness (QED) is 0.414. The highest BCUT2D eigenvalue weighted by Gasteiger charge is 2.21. The molecule has 3 aromatic rings. The Kier molecular flexibility index (Phi) is 6.20. The Balaban J connectivity index is 1.85. The zero-order valence-electron chi connectivity index (χ0n) is 16.4. The number of benzene rings is 2. The lowest BCUT2D eigenvalue weighted by molar-refractivity contribution is -0.394. The third-order valence-corrected chi connectivity index (χ3v) is 5.38. The van der Waals surface area contributed by atoms with Gasteiger partial charge >= 0.3 is 0 Å². The second-order valence-corrected chi connectivity index (χ2v) is 7.72. The summed E-state index contributed by atoms with van der Waals surface area (Å²) >= 11 is 1.11. The van der Waals surface area contributed by atoms with Gasteiger partial charge in [-0.2, -0.15) is 0 Å². The van der Waals surface area contributed by atoms with Crippen LogP contribution in [0.4, 0.5) is 16.5 Å². The summed E-state index contributed by atoms with van der Waals surface area (Å²) in [6, 6.07) is 7.62. The van der Waals surface area contributed by atoms with Crippen molar-refractivity contribution in [3.8, 4) is 0 Å². The molecule has 2 aromatic carbocycles. The minimum Gasteiger partial charge on any atom is -0.350 e. The number of nitrogens with one attached hydrogen (secondary N) is 2. The molecule has 0 fully saturated rings. The highest BCUT2D eigenvalue weighted by atomic mass is 32.1. The Labute approximate surface area is 179 Å². The van der Waals surface area contributed by atoms with E-state index in [2.05, 4.69) is 15.6 Å². The van der Waals surface area contributed by atoms with Crippen LogP contribution in [0.25, 0.3) is 10.2 Å². The maximum Gasteiger partial charge on any atom is 0.277 e. The number of thiazole rings is 1. The summed E-state index contributed by atoms with van der Waals surface area (Å²) in [5, 5.41) is 27.6. The van der Waals surface area contributed by atoms with Gasteiger partial charge in [-0.1, -0.05) is 18.3 Å². The van der Waals surface area contributed by atoms with E-state index in [9.17, 15) is 29.8 Å². The minimum absolute atomic E-state index is 0.0264. The summed E-state index contributed by atoms with van der Waals surface area (Å²) in [4.78, 5) is 49.5. The number of rotatable bonds is 7. The van der Waals surface area contributed by atoms with Gasteiger partial charge in [0.1, 0.15) is 0 Å². The van der Waals surface area contributed by atoms with E-state index in [-0.39, 0.29) is 22.6 Å². The molecule has 2 N–H and O–H groups in total. The van der Waals surface area contributed by atoms with Crippen molar-refractivity contribution in [2.75, 3.05) is 5.32 Å². The molecule has 0 saturated carbocycles. The van der Waals surface area contributed by atoms with Gasteiger partial charge in [-0.25, -0.2) is 4.98 Å². The van der Waals surface area contributed by atoms with Crippen LogP contribution in [0.1, 0.15) is 41.0 Å². The summed E-state index contributed by atoms with van der Waals surface area (Å²) in [6.45, 7) is 3.86. The number of hydrogen-bond donors (Lipinski definition) is 2. The molecule has 160 valence electrons. The van der Waals surface area contributed by atoms with Gasteiger partial charge in [-0.3, -0.25) is 35.1 Å². The number of nitro benzene ring substituents is 2. The Bertz CT molecular complexity index is 1180. The van der Waals surface area contributed by atoms with Gasteiger partial charge in [0.2, 0.25) is 0 Å². The van der Waals surface area contributed by atoms with Crippen molar-refractivity contribution < 1.29 is 19.4 Å². The van der Waals surface area contributed by atoms with Crippen LogP contribution < -0.4 is 10.6 Å². The molecule has 2 amide bonds. The predicted molar refractivity (Wildman–Crippen MR) is 115 cm³/mol. The standard InChI is InChI=1S/C19H17N5O6S/c1-3-10(2)20-17(25)11-4-5-15-16(8-11)31-19(21-15)22-18(26)12-6-13(23(27)28)9-14(7-12)24(29)30/h4-10H,3H2,1-2H3,(H,20,25)(H,21,22,26). The van der Waals surface area contributed by atoms with Gasteiger partial charge < -0.3 is 5.32 Å². The molecule has 11 nitrogen and oxygen atoms in total. The first-order chi connectivity index (χ1) is 14.7. The molecular formula is C19H17N5O6S. The van der Waals surface area contributed by atoms with Gasteiger partial charge in [0, 0.05) is 23.7 Å². The van der Waals surface area contributed by atoms with Crippen LogP contribution in [-0.2, 0) is 0 Å². The van der Waals surface area contributed by atoms with Crippen molar-refractivity contribution in [1.29, 1.82) is 0 Å². The molecular weight excluding hydrogens is 426 g/mol. The fraction of sp³-hybridized carbons (Fsp3) is 0.211. The maximum atomic E-state index is 12.5. The molecule has 31 heavy (non-hydrogen) atoms. The Morgan fingerprint density at radius 2 is 1.68 bits per heavy atom. The molecule has 0 aliphatic heterocycles. The lowest BCUT2D eigenvalue weighted by atomic mass is 10.1. The number of non-ortho nitro benzene ring substituents is 2. The number of fused-ring (bicyclic) bond motifs is 1. The predicted octanol–water partition coefficient (Wildman–Crippen LogP) is 3.89. The first kappa shape index (κ1) is 21.8. The first-order valence-corrected chi connectivity index (χ1v) is 9.96. The van der Waals surface area contributed by atoms with Crippen molar-refractivity contribution in [3.05, 3.63) is 67.8 Å². The first-order valence-electron chi connectivity index (χ1n) is 9.14. The van der Waals surface area contributed by atoms with Crippen LogP contribution >= 0.6 is 11.3 Å². The fourth-order valence-corrected chi connectivity index (χ4v) is 3.54. The molecule has 0 aliphatic carbocycles. The fourth-order valence-electron chi connectivity index (χ4n) is 2.63. The normalized spacial score (nSPS) is 11.7. The van der Waals surface area contributed by atoms with E-state index in [1.54, 1.807) is 18.2 Å². The van der Waals surface area contributed by atoms with Crippen molar-refractivity contribution in [3.63, 3.8) is 0 Å². The monoisotopic (exact) mass is 443 g/mol. The van der Waals surface area contributed by atoms with Crippen molar-refractivity contribution >= 4 is 49.9 Å². The largest absolute Gasteiger partial charge is 0.350 e. The highest BCUT2D eigenvalue weighted by molar-refractivity contribution is 7.22. The van der Waals surface area contributed by atoms with Gasteiger partial charge in [-0.05, 0) is 31.5 Å². The molecule has 0 radical (unpaired) electrons. The van der Waals surface area contributed by atoms with E-state index in [0.29, 0.717) is 15.8 Å². The third kappa shape index (κ3) is 4.98. The molecule has 1 atom stereocenters. The van der Waals surface area contributed by atoms with Crippen molar-refractivity contribution in [2.24, 2.45) is 0 Å². The molecule has 0 bridgehead atoms. The second-order valence-electron chi connectivity index (χ2n) is 6.69. The van der Waals surface area contributed by atoms with E-state index >= 15 is 0 Å². The van der Waals surface area contributed by atoms with Gasteiger partial charge in [0.05, 0.1) is 31.7 Å². The highest BCUT2D eigenvalue weighted by Crippen LogP contribution is 2.28. The van der Waals surface area contributed by atoms with E-state index < -0.39 is 27.1 Å². The minimum atomic E-state index is -0.812. The average Bonchev–Trinajstić information content (AvgIpc) is 3.14. The summed E-state index contributed by atoms with van der Waals surface area (Å²) in [7, 11) is 0. The zero-order valence-corrected chi connectivity index (χ0v) is 17.3. The lowest BCUT2D eigenvalue weighted by Gasteiger charge is -2.10. The molecule has 0 aliphatic rings. The van der Waals surface area contributed by atoms with E-state index in [1.807, 2.05) is 13.8 Å². The maximum absolute atomic E-state index is 12.5. The van der Waals surface area contributed by atoms with Crippen LogP contribution in [0.3, 0.4) is 0 Å². The van der Waals surface area contributed by atoms with Gasteiger partial charge in [0.25, 0.3) is 23.2 Å². The number of carbonyl (C=O) groups excluding carboxylic acids is 2. The number of nitrogens with zero attached hydrogens (tertiary/aromatic N) is 3. The van der Waals surface area contributed by atoms with E-state index in [4.69, 9.17) is 0 Å². The molecule has 3 rings (SSSR count). The number of amides is 2. The summed E-state index contributed by atoms with van der Waals surface area (Å²) < 4.78 is 0.650. The second kappa shape index (κ2) is 8.83. The van der Waals surface area contributed by atoms with E-state index in [1.165, 1.54) is 0 Å². The number of nitro groups is 2. The van der Waals surface area contributed by atoms with Crippen LogP contribution in [-0.4, -0.2) is 32.7 Å². The lowest BCUT2D eigenvalue weighted by Crippen LogP contribution is -2.31. The average molecular weight is 443 g/mol. The topological polar surface area (TPSA) is 157 Å². The Hall–Kier alpha value is -3.93. The zero-order chi connectivity index (χ0) is 22.7. The summed E-state index contributed by atoms with van der Waals surface area (Å²) in [6.07, 6.45) is 0.792. The number of carbonyl (C=O) groups is 2. The SMILES string of the molecule is CCC(C)NC(=O)c1ccc2nc(NC(=O)c3cc([N+](=O)[O-])cc([N+](=O)[O-])c3)sc2c1. The Morgan fingerprint density at radius 1 is 1.03 bits per heavy atom. The van der Waals surface area contributed by atoms with Crippen molar-refractivity contribution in [1.82, 2.24) is 10.3 Å². The molecule has 0 saturated heterocycles. The van der Waals surface area contributed by atoms with Crippen LogP contribution in [0, 0.1) is 20.2 Å². The van der Waals surface area contributed by atoms with Gasteiger partial charge in [0.15, 0.2) is 5.13 Å². The van der Waals surface area contributed by atoms with E-state index in [0.717, 1.165) is 36.0 Å². The molecule has 1 heterocycles. The molecule has 0 spiro atoms. The van der Waals surface area contributed by atoms with Crippen LogP contribution in [0.15, 0.2) is 36.4 Å². The van der Waals surface area contributed by atoms with Gasteiger partial charge in [-0.15, -0.1) is 0 Å². The third-order valence-electron chi connectivity index (χ3n) is 4.45. The summed E-state index contributed by atoms with van der Waals surface area (Å²) in [5.41, 5.74) is -0.385. The smallest absolute Gasteiger partial charge is 0.277 e. The van der Waals surface area contributed by atoms with Crippen LogP contribution in [0.2, 0.25) is 0 Å². The van der Waals surface area contributed by atoms with Crippen LogP contribution in [0.5, 0.6) is 0 Å². The number of anilines is 1. The molecule has 12 heteroatoms. The number of hydrogen-bond acceptors (Lipinski definition) is 8. The Morgan fingerprint density at radius 3 is 2.26 bits per heavy atom.